The van der Waals surface area contributed by atoms with Gasteiger partial charge < -0.3 is 23.7 Å². The second-order valence-corrected chi connectivity index (χ2v) is 6.17. The van der Waals surface area contributed by atoms with E-state index in [9.17, 15) is 0 Å². The van der Waals surface area contributed by atoms with Crippen LogP contribution in [0.3, 0.4) is 0 Å². The van der Waals surface area contributed by atoms with Crippen LogP contribution in [-0.4, -0.2) is 65.1 Å². The number of hydrogen-bond acceptors (Lipinski definition) is 5. The largest absolute Gasteiger partial charge is 0.382 e. The number of ether oxygens (including phenoxy) is 5. The maximum atomic E-state index is 6.42. The molecule has 1 aromatic rings. The lowest BCUT2D eigenvalue weighted by molar-refractivity contribution is -0.271. The first kappa shape index (κ1) is 20.6. The Bertz CT molecular complexity index is 620. The van der Waals surface area contributed by atoms with Crippen molar-refractivity contribution < 1.29 is 23.7 Å². The Hall–Kier alpha value is -1.68. The molecule has 26 heavy (non-hydrogen) atoms. The molecule has 1 aromatic carbocycles. The van der Waals surface area contributed by atoms with Crippen molar-refractivity contribution in [3.05, 3.63) is 48.6 Å². The highest BCUT2D eigenvalue weighted by atomic mass is 16.6. The summed E-state index contributed by atoms with van der Waals surface area (Å²) in [6, 6.07) is 9.77. The van der Waals surface area contributed by atoms with Crippen LogP contribution in [0, 0.1) is 11.8 Å². The van der Waals surface area contributed by atoms with Crippen LogP contribution in [0.2, 0.25) is 0 Å². The van der Waals surface area contributed by atoms with Crippen LogP contribution in [0.4, 0.5) is 0 Å². The van der Waals surface area contributed by atoms with E-state index in [-0.39, 0.29) is 18.3 Å². The van der Waals surface area contributed by atoms with Crippen molar-refractivity contribution in [1.29, 1.82) is 0 Å². The first-order valence-electron chi connectivity index (χ1n) is 8.60. The predicted molar refractivity (Wildman–Crippen MR) is 100 cm³/mol. The molecular weight excluding hydrogens is 332 g/mol. The molecule has 0 N–H and O–H groups in total. The molecule has 0 saturated carbocycles. The fourth-order valence-electron chi connectivity index (χ4n) is 3.44. The lowest BCUT2D eigenvalue weighted by Crippen LogP contribution is -2.66. The molecule has 5 atom stereocenters. The summed E-state index contributed by atoms with van der Waals surface area (Å²) in [5.74, 6) is 6.50. The van der Waals surface area contributed by atoms with Gasteiger partial charge in [0.1, 0.15) is 24.4 Å². The number of rotatable bonds is 7. The van der Waals surface area contributed by atoms with Crippen LogP contribution in [0.5, 0.6) is 0 Å². The zero-order valence-electron chi connectivity index (χ0n) is 15.9. The van der Waals surface area contributed by atoms with E-state index < -0.39 is 11.7 Å². The van der Waals surface area contributed by atoms with Crippen LogP contribution in [0.25, 0.3) is 0 Å². The molecule has 0 bridgehead atoms. The van der Waals surface area contributed by atoms with Gasteiger partial charge in [0, 0.05) is 40.4 Å². The van der Waals surface area contributed by atoms with Crippen molar-refractivity contribution in [2.24, 2.45) is 0 Å². The Morgan fingerprint density at radius 3 is 2.31 bits per heavy atom. The third-order valence-corrected chi connectivity index (χ3v) is 4.58. The molecule has 2 rings (SSSR count). The highest BCUT2D eigenvalue weighted by Gasteiger charge is 2.54. The van der Waals surface area contributed by atoms with E-state index in [4.69, 9.17) is 23.7 Å². The van der Waals surface area contributed by atoms with E-state index in [0.29, 0.717) is 13.0 Å². The first-order valence-corrected chi connectivity index (χ1v) is 8.60. The zero-order valence-corrected chi connectivity index (χ0v) is 15.9. The molecule has 5 nitrogen and oxygen atoms in total. The summed E-state index contributed by atoms with van der Waals surface area (Å²) in [5, 5.41) is 0. The Morgan fingerprint density at radius 1 is 1.08 bits per heavy atom. The Kier molecular flexibility index (Phi) is 7.83. The van der Waals surface area contributed by atoms with Gasteiger partial charge in [-0.1, -0.05) is 36.1 Å². The summed E-state index contributed by atoms with van der Waals surface area (Å²) in [4.78, 5) is 0. The van der Waals surface area contributed by atoms with Gasteiger partial charge in [0.15, 0.2) is 5.60 Å². The molecule has 1 aliphatic heterocycles. The number of methoxy groups -OCH3 is 4. The standard InChI is InChI=1S/C21H28O5/c1-6-13-21(14-12-16-10-8-7-9-11-16)20(25-5)19(24-4)18(23-3)17(26-21)15-22-2/h6-11,17-20H,1,13,15H2,2-5H3/t17-,18-,19+,20-,21-/m1/s1. The molecule has 1 fully saturated rings. The maximum Gasteiger partial charge on any atom is 0.161 e. The molecule has 0 amide bonds. The Morgan fingerprint density at radius 2 is 1.77 bits per heavy atom. The highest BCUT2D eigenvalue weighted by molar-refractivity contribution is 5.37. The predicted octanol–water partition coefficient (Wildman–Crippen LogP) is 2.44. The van der Waals surface area contributed by atoms with Gasteiger partial charge in [-0.05, 0) is 12.1 Å². The minimum atomic E-state index is -0.911. The summed E-state index contributed by atoms with van der Waals surface area (Å²) in [7, 11) is 6.53. The van der Waals surface area contributed by atoms with E-state index >= 15 is 0 Å². The molecule has 1 aliphatic rings. The molecule has 0 aliphatic carbocycles. The summed E-state index contributed by atoms with van der Waals surface area (Å²) in [6.45, 7) is 4.24. The molecule has 0 radical (unpaired) electrons. The summed E-state index contributed by atoms with van der Waals surface area (Å²) >= 11 is 0. The van der Waals surface area contributed by atoms with Gasteiger partial charge in [0.05, 0.1) is 6.61 Å². The molecule has 1 saturated heterocycles. The van der Waals surface area contributed by atoms with Crippen LogP contribution in [0.1, 0.15) is 12.0 Å². The second-order valence-electron chi connectivity index (χ2n) is 6.17. The molecule has 5 heteroatoms. The van der Waals surface area contributed by atoms with Gasteiger partial charge in [-0.2, -0.15) is 0 Å². The fourth-order valence-corrected chi connectivity index (χ4v) is 3.44. The van der Waals surface area contributed by atoms with Crippen LogP contribution < -0.4 is 0 Å². The molecule has 0 unspecified atom stereocenters. The number of benzene rings is 1. The van der Waals surface area contributed by atoms with Crippen molar-refractivity contribution in [3.8, 4) is 11.8 Å². The minimum absolute atomic E-state index is 0.332. The minimum Gasteiger partial charge on any atom is -0.382 e. The lowest BCUT2D eigenvalue weighted by Gasteiger charge is -2.49. The average molecular weight is 360 g/mol. The van der Waals surface area contributed by atoms with E-state index in [0.717, 1.165) is 5.56 Å². The summed E-state index contributed by atoms with van der Waals surface area (Å²) in [6.07, 6.45) is 0.800. The third-order valence-electron chi connectivity index (χ3n) is 4.58. The van der Waals surface area contributed by atoms with E-state index in [2.05, 4.69) is 18.4 Å². The molecule has 142 valence electrons. The normalized spacial score (nSPS) is 31.1. The Balaban J connectivity index is 2.49. The van der Waals surface area contributed by atoms with Gasteiger partial charge in [-0.25, -0.2) is 0 Å². The quantitative estimate of drug-likeness (QED) is 0.552. The van der Waals surface area contributed by atoms with E-state index in [1.165, 1.54) is 0 Å². The van der Waals surface area contributed by atoms with E-state index in [1.54, 1.807) is 34.5 Å². The SMILES string of the molecule is C=CC[C@]1(C#Cc2ccccc2)O[C@H](COC)[C@@H](OC)[C@H](OC)[C@H]1OC. The van der Waals surface area contributed by atoms with Gasteiger partial charge >= 0.3 is 0 Å². The number of hydrogen-bond donors (Lipinski definition) is 0. The fraction of sp³-hybridized carbons (Fsp3) is 0.524. The van der Waals surface area contributed by atoms with Gasteiger partial charge in [0.25, 0.3) is 0 Å². The van der Waals surface area contributed by atoms with Crippen molar-refractivity contribution in [2.75, 3.05) is 35.0 Å². The lowest BCUT2D eigenvalue weighted by atomic mass is 9.82. The van der Waals surface area contributed by atoms with Crippen molar-refractivity contribution in [3.63, 3.8) is 0 Å². The molecule has 0 spiro atoms. The van der Waals surface area contributed by atoms with Crippen molar-refractivity contribution >= 4 is 0 Å². The average Bonchev–Trinajstić information content (AvgIpc) is 2.67. The summed E-state index contributed by atoms with van der Waals surface area (Å²) < 4.78 is 28.9. The Labute approximate surface area is 156 Å². The van der Waals surface area contributed by atoms with Gasteiger partial charge in [-0.15, -0.1) is 6.58 Å². The van der Waals surface area contributed by atoms with E-state index in [1.807, 2.05) is 30.3 Å². The molecule has 1 heterocycles. The van der Waals surface area contributed by atoms with Crippen molar-refractivity contribution in [1.82, 2.24) is 0 Å². The maximum absolute atomic E-state index is 6.42. The van der Waals surface area contributed by atoms with Crippen molar-refractivity contribution in [2.45, 2.75) is 36.4 Å². The summed E-state index contributed by atoms with van der Waals surface area (Å²) in [5.41, 5.74) is -0.00821. The van der Waals surface area contributed by atoms with Crippen LogP contribution in [-0.2, 0) is 23.7 Å². The molecular formula is C21H28O5. The zero-order chi connectivity index (χ0) is 19.0. The molecule has 0 aromatic heterocycles. The van der Waals surface area contributed by atoms with Crippen LogP contribution in [0.15, 0.2) is 43.0 Å². The van der Waals surface area contributed by atoms with Crippen LogP contribution >= 0.6 is 0 Å². The topological polar surface area (TPSA) is 46.2 Å². The van der Waals surface area contributed by atoms with Gasteiger partial charge in [0.2, 0.25) is 0 Å². The highest BCUT2D eigenvalue weighted by Crippen LogP contribution is 2.37. The van der Waals surface area contributed by atoms with Gasteiger partial charge in [-0.3, -0.25) is 0 Å². The monoisotopic (exact) mass is 360 g/mol. The first-order chi connectivity index (χ1) is 12.7. The smallest absolute Gasteiger partial charge is 0.161 e. The third kappa shape index (κ3) is 4.35. The second kappa shape index (κ2) is 9.86.